The van der Waals surface area contributed by atoms with Crippen LogP contribution in [0, 0.1) is 0 Å². The highest BCUT2D eigenvalue weighted by Gasteiger charge is 2.54. The molecule has 0 bridgehead atoms. The molecule has 1 unspecified atom stereocenters. The highest BCUT2D eigenvalue weighted by molar-refractivity contribution is 5.15. The van der Waals surface area contributed by atoms with Gasteiger partial charge in [-0.05, 0) is 53.4 Å². The Morgan fingerprint density at radius 2 is 1.52 bits per heavy atom. The number of hydrogen-bond donors (Lipinski definition) is 2. The van der Waals surface area contributed by atoms with Crippen LogP contribution in [0.15, 0.2) is 0 Å². The molecular weight excluding hydrogens is 284 g/mol. The van der Waals surface area contributed by atoms with Gasteiger partial charge in [-0.3, -0.25) is 10.6 Å². The first-order chi connectivity index (χ1) is 10.8. The van der Waals surface area contributed by atoms with E-state index in [9.17, 15) is 0 Å². The van der Waals surface area contributed by atoms with Gasteiger partial charge in [-0.15, -0.1) is 0 Å². The average Bonchev–Trinajstić information content (AvgIpc) is 2.62. The third-order valence-electron chi connectivity index (χ3n) is 6.22. The fourth-order valence-electron chi connectivity index (χ4n) is 4.27. The van der Waals surface area contributed by atoms with E-state index in [2.05, 4.69) is 45.3 Å². The van der Waals surface area contributed by atoms with Crippen LogP contribution in [0.1, 0.15) is 98.8 Å². The summed E-state index contributed by atoms with van der Waals surface area (Å²) in [7, 11) is 0. The molecule has 0 aromatic carbocycles. The molecule has 1 spiro atoms. The van der Waals surface area contributed by atoms with E-state index in [1.165, 1.54) is 57.8 Å². The van der Waals surface area contributed by atoms with Gasteiger partial charge in [-0.2, -0.15) is 0 Å². The quantitative estimate of drug-likeness (QED) is 0.632. The van der Waals surface area contributed by atoms with Gasteiger partial charge in [0.15, 0.2) is 0 Å². The van der Waals surface area contributed by atoms with Gasteiger partial charge in [-0.25, -0.2) is 0 Å². The van der Waals surface area contributed by atoms with E-state index >= 15 is 0 Å². The van der Waals surface area contributed by atoms with E-state index in [0.29, 0.717) is 6.10 Å². The van der Waals surface area contributed by atoms with Crippen molar-refractivity contribution >= 4 is 0 Å². The first-order valence-electron chi connectivity index (χ1n) is 10.0. The molecular formula is C20H40N2O. The maximum Gasteiger partial charge on any atom is 0.0721 e. The lowest BCUT2D eigenvalue weighted by atomic mass is 9.85. The maximum atomic E-state index is 6.23. The zero-order valence-electron chi connectivity index (χ0n) is 16.3. The highest BCUT2D eigenvalue weighted by Crippen LogP contribution is 2.40. The molecule has 0 aromatic heterocycles. The summed E-state index contributed by atoms with van der Waals surface area (Å²) in [5, 5.41) is 7.80. The Balaban J connectivity index is 1.72. The standard InChI is InChI=1S/C20H40N2O/c1-6-7-8-9-10-11-15-23-17-13-12-14-20(16-17)21-18(2,3)19(4,5)22-20/h17,21-22H,6-16H2,1-5H3. The van der Waals surface area contributed by atoms with E-state index in [1.54, 1.807) is 0 Å². The van der Waals surface area contributed by atoms with E-state index < -0.39 is 0 Å². The minimum atomic E-state index is 0.0804. The number of rotatable bonds is 8. The van der Waals surface area contributed by atoms with Crippen molar-refractivity contribution in [3.63, 3.8) is 0 Å². The molecule has 2 aliphatic rings. The van der Waals surface area contributed by atoms with Crippen molar-refractivity contribution in [1.82, 2.24) is 10.6 Å². The van der Waals surface area contributed by atoms with Crippen LogP contribution in [-0.4, -0.2) is 29.5 Å². The van der Waals surface area contributed by atoms with Crippen LogP contribution in [0.3, 0.4) is 0 Å². The SMILES string of the molecule is CCCCCCCCOC1CCCC2(C1)NC(C)(C)C(C)(C)N2. The fourth-order valence-corrected chi connectivity index (χ4v) is 4.27. The second-order valence-electron chi connectivity index (χ2n) is 8.94. The van der Waals surface area contributed by atoms with E-state index in [1.807, 2.05) is 0 Å². The first-order valence-corrected chi connectivity index (χ1v) is 10.0. The average molecular weight is 325 g/mol. The van der Waals surface area contributed by atoms with E-state index in [0.717, 1.165) is 13.0 Å². The van der Waals surface area contributed by atoms with Crippen molar-refractivity contribution in [2.45, 2.75) is 122 Å². The van der Waals surface area contributed by atoms with Crippen molar-refractivity contribution in [2.24, 2.45) is 0 Å². The molecule has 1 saturated carbocycles. The number of ether oxygens (including phenoxy) is 1. The molecule has 2 N–H and O–H groups in total. The van der Waals surface area contributed by atoms with E-state index in [-0.39, 0.29) is 16.7 Å². The van der Waals surface area contributed by atoms with Crippen molar-refractivity contribution in [1.29, 1.82) is 0 Å². The van der Waals surface area contributed by atoms with Crippen LogP contribution in [0.4, 0.5) is 0 Å². The molecule has 3 heteroatoms. The molecule has 1 aliphatic carbocycles. The normalized spacial score (nSPS) is 28.3. The fraction of sp³-hybridized carbons (Fsp3) is 1.00. The van der Waals surface area contributed by atoms with Crippen LogP contribution >= 0.6 is 0 Å². The van der Waals surface area contributed by atoms with Crippen LogP contribution in [0.5, 0.6) is 0 Å². The maximum absolute atomic E-state index is 6.23. The summed E-state index contributed by atoms with van der Waals surface area (Å²) >= 11 is 0. The molecule has 23 heavy (non-hydrogen) atoms. The molecule has 1 saturated heterocycles. The molecule has 1 heterocycles. The predicted molar refractivity (Wildman–Crippen MR) is 98.7 cm³/mol. The van der Waals surface area contributed by atoms with Gasteiger partial charge in [0.25, 0.3) is 0 Å². The molecule has 0 radical (unpaired) electrons. The Morgan fingerprint density at radius 1 is 0.913 bits per heavy atom. The van der Waals surface area contributed by atoms with Gasteiger partial charge in [0.05, 0.1) is 11.8 Å². The Hall–Kier alpha value is -0.120. The molecule has 3 nitrogen and oxygen atoms in total. The van der Waals surface area contributed by atoms with Gasteiger partial charge in [0.1, 0.15) is 0 Å². The molecule has 136 valence electrons. The Morgan fingerprint density at radius 3 is 2.17 bits per heavy atom. The van der Waals surface area contributed by atoms with Crippen LogP contribution in [0.2, 0.25) is 0 Å². The summed E-state index contributed by atoms with van der Waals surface area (Å²) in [6.07, 6.45) is 13.3. The van der Waals surface area contributed by atoms with Crippen molar-refractivity contribution < 1.29 is 4.74 Å². The third-order valence-corrected chi connectivity index (χ3v) is 6.22. The Bertz CT molecular complexity index is 349. The van der Waals surface area contributed by atoms with Gasteiger partial charge in [0, 0.05) is 24.1 Å². The smallest absolute Gasteiger partial charge is 0.0721 e. The monoisotopic (exact) mass is 324 g/mol. The second-order valence-corrected chi connectivity index (χ2v) is 8.94. The van der Waals surface area contributed by atoms with Crippen molar-refractivity contribution in [3.8, 4) is 0 Å². The minimum absolute atomic E-state index is 0.0804. The summed E-state index contributed by atoms with van der Waals surface area (Å²) in [5.41, 5.74) is 0.319. The molecule has 1 aliphatic heterocycles. The first kappa shape index (κ1) is 19.2. The van der Waals surface area contributed by atoms with Gasteiger partial charge in [0.2, 0.25) is 0 Å². The number of hydrogen-bond acceptors (Lipinski definition) is 3. The molecule has 2 rings (SSSR count). The summed E-state index contributed by atoms with van der Waals surface area (Å²) in [4.78, 5) is 0. The lowest BCUT2D eigenvalue weighted by molar-refractivity contribution is -0.00678. The summed E-state index contributed by atoms with van der Waals surface area (Å²) in [5.74, 6) is 0. The van der Waals surface area contributed by atoms with Crippen LogP contribution < -0.4 is 10.6 Å². The Kier molecular flexibility index (Phi) is 6.55. The summed E-state index contributed by atoms with van der Waals surface area (Å²) < 4.78 is 6.23. The van der Waals surface area contributed by atoms with Crippen LogP contribution in [-0.2, 0) is 4.74 Å². The zero-order valence-corrected chi connectivity index (χ0v) is 16.3. The molecule has 0 aromatic rings. The van der Waals surface area contributed by atoms with Crippen molar-refractivity contribution in [2.75, 3.05) is 6.61 Å². The summed E-state index contributed by atoms with van der Waals surface area (Å²) in [6, 6.07) is 0. The lowest BCUT2D eigenvalue weighted by Gasteiger charge is -2.39. The Labute approximate surface area is 144 Å². The number of nitrogens with one attached hydrogen (secondary N) is 2. The zero-order chi connectivity index (χ0) is 17.0. The molecule has 0 amide bonds. The largest absolute Gasteiger partial charge is 0.378 e. The lowest BCUT2D eigenvalue weighted by Crippen LogP contribution is -2.56. The molecule has 1 atom stereocenters. The summed E-state index contributed by atoms with van der Waals surface area (Å²) in [6.45, 7) is 12.5. The van der Waals surface area contributed by atoms with E-state index in [4.69, 9.17) is 4.74 Å². The third kappa shape index (κ3) is 4.93. The second kappa shape index (κ2) is 7.84. The highest BCUT2D eigenvalue weighted by atomic mass is 16.5. The van der Waals surface area contributed by atoms with Crippen molar-refractivity contribution in [3.05, 3.63) is 0 Å². The van der Waals surface area contributed by atoms with Gasteiger partial charge >= 0.3 is 0 Å². The van der Waals surface area contributed by atoms with Gasteiger partial charge < -0.3 is 4.74 Å². The number of unbranched alkanes of at least 4 members (excludes halogenated alkanes) is 5. The minimum Gasteiger partial charge on any atom is -0.378 e. The topological polar surface area (TPSA) is 33.3 Å². The molecule has 2 fully saturated rings. The predicted octanol–water partition coefficient (Wildman–Crippen LogP) is 4.75. The van der Waals surface area contributed by atoms with Crippen LogP contribution in [0.25, 0.3) is 0 Å². The van der Waals surface area contributed by atoms with Gasteiger partial charge in [-0.1, -0.05) is 39.0 Å².